The van der Waals surface area contributed by atoms with Crippen molar-refractivity contribution in [2.75, 3.05) is 26.7 Å². The molecule has 2 aromatic rings. The van der Waals surface area contributed by atoms with Crippen LogP contribution in [0.25, 0.3) is 17.0 Å². The van der Waals surface area contributed by atoms with Crippen LogP contribution in [0.15, 0.2) is 34.6 Å². The second-order valence-corrected chi connectivity index (χ2v) is 9.01. The maximum Gasteiger partial charge on any atom is 0.276 e. The third kappa shape index (κ3) is 4.40. The second kappa shape index (κ2) is 9.10. The van der Waals surface area contributed by atoms with Gasteiger partial charge in [0.15, 0.2) is 5.11 Å². The van der Waals surface area contributed by atoms with E-state index >= 15 is 0 Å². The number of aromatic nitrogens is 1. The number of nitrogens with zero attached hydrogens (tertiary/aromatic N) is 3. The lowest BCUT2D eigenvalue weighted by Crippen LogP contribution is -2.34. The zero-order valence-corrected chi connectivity index (χ0v) is 20.0. The normalized spacial score (nSPS) is 20.5. The molecule has 0 saturated carbocycles. The van der Waals surface area contributed by atoms with Gasteiger partial charge in [0.05, 0.1) is 6.10 Å². The Morgan fingerprint density at radius 2 is 2.23 bits per heavy atom. The fourth-order valence-electron chi connectivity index (χ4n) is 4.02. The third-order valence-electron chi connectivity index (χ3n) is 5.69. The smallest absolute Gasteiger partial charge is 0.276 e. The number of carbonyl (C=O) groups is 2. The van der Waals surface area contributed by atoms with Crippen LogP contribution in [-0.2, 0) is 20.9 Å². The van der Waals surface area contributed by atoms with Crippen molar-refractivity contribution in [3.8, 4) is 0 Å². The monoisotopic (exact) mass is 504 g/mol. The summed E-state index contributed by atoms with van der Waals surface area (Å²) in [5.74, 6) is -0.179. The highest BCUT2D eigenvalue weighted by molar-refractivity contribution is 9.10. The summed E-state index contributed by atoms with van der Waals surface area (Å²) < 4.78 is 8.42. The first kappa shape index (κ1) is 22.0. The van der Waals surface area contributed by atoms with E-state index in [4.69, 9.17) is 17.0 Å². The zero-order valence-electron chi connectivity index (χ0n) is 17.6. The number of fused-ring (bicyclic) bond motifs is 1. The number of thiocarbonyl (C=S) groups is 1. The van der Waals surface area contributed by atoms with Crippen molar-refractivity contribution in [3.05, 3.63) is 40.1 Å². The molecule has 31 heavy (non-hydrogen) atoms. The third-order valence-corrected chi connectivity index (χ3v) is 6.68. The fraction of sp³-hybridized carbons (Fsp3) is 0.409. The van der Waals surface area contributed by atoms with Crippen molar-refractivity contribution in [2.24, 2.45) is 0 Å². The quantitative estimate of drug-likeness (QED) is 0.483. The van der Waals surface area contributed by atoms with Crippen molar-refractivity contribution in [3.63, 3.8) is 0 Å². The van der Waals surface area contributed by atoms with E-state index < -0.39 is 0 Å². The molecular formula is C22H25BrN4O3S. The van der Waals surface area contributed by atoms with Crippen LogP contribution in [0.2, 0.25) is 0 Å². The number of hydrogen-bond donors (Lipinski definition) is 1. The summed E-state index contributed by atoms with van der Waals surface area (Å²) in [5.41, 5.74) is 2.30. The molecule has 2 amide bonds. The van der Waals surface area contributed by atoms with Crippen molar-refractivity contribution in [2.45, 2.75) is 32.4 Å². The number of rotatable bonds is 6. The van der Waals surface area contributed by atoms with Gasteiger partial charge in [-0.1, -0.05) is 15.9 Å². The Morgan fingerprint density at radius 1 is 1.42 bits per heavy atom. The van der Waals surface area contributed by atoms with Crippen LogP contribution in [0.1, 0.15) is 25.3 Å². The molecular weight excluding hydrogens is 480 g/mol. The second-order valence-electron chi connectivity index (χ2n) is 7.73. The van der Waals surface area contributed by atoms with Gasteiger partial charge in [-0.3, -0.25) is 14.5 Å². The number of hydrogen-bond acceptors (Lipinski definition) is 4. The first-order valence-corrected chi connectivity index (χ1v) is 11.6. The van der Waals surface area contributed by atoms with Gasteiger partial charge in [0.1, 0.15) is 12.2 Å². The number of amides is 2. The van der Waals surface area contributed by atoms with Gasteiger partial charge in [0.2, 0.25) is 5.91 Å². The maximum absolute atomic E-state index is 12.8. The number of nitrogens with one attached hydrogen (secondary N) is 1. The summed E-state index contributed by atoms with van der Waals surface area (Å²) in [6.45, 7) is 3.92. The van der Waals surface area contributed by atoms with Crippen LogP contribution in [0, 0.1) is 0 Å². The van der Waals surface area contributed by atoms with E-state index in [0.29, 0.717) is 23.9 Å². The molecule has 1 atom stereocenters. The molecule has 1 aromatic heterocycles. The minimum atomic E-state index is -0.111. The summed E-state index contributed by atoms with van der Waals surface area (Å²) in [7, 11) is 1.80. The molecule has 0 aliphatic carbocycles. The van der Waals surface area contributed by atoms with Crippen LogP contribution >= 0.6 is 28.1 Å². The first-order chi connectivity index (χ1) is 14.9. The average molecular weight is 505 g/mol. The van der Waals surface area contributed by atoms with E-state index in [0.717, 1.165) is 40.4 Å². The van der Waals surface area contributed by atoms with Crippen LogP contribution in [-0.4, -0.2) is 64.1 Å². The van der Waals surface area contributed by atoms with E-state index in [-0.39, 0.29) is 24.5 Å². The van der Waals surface area contributed by atoms with E-state index in [2.05, 4.69) is 21.2 Å². The lowest BCUT2D eigenvalue weighted by atomic mass is 10.1. The molecule has 9 heteroatoms. The highest BCUT2D eigenvalue weighted by atomic mass is 79.9. The predicted octanol–water partition coefficient (Wildman–Crippen LogP) is 3.12. The molecule has 3 heterocycles. The largest absolute Gasteiger partial charge is 0.376 e. The van der Waals surface area contributed by atoms with Crippen molar-refractivity contribution >= 4 is 62.1 Å². The standard InChI is InChI=1S/C22H25BrN4O3S/c1-3-27-21(29)19(25(2)22(27)31)9-14-12-26(18-7-6-15(23)10-17(14)18)13-20(28)24-11-16-5-4-8-30-16/h6-7,9-10,12,16H,3-5,8,11,13H2,1-2H3,(H,24,28)/b19-9-/t16-/m0/s1. The Kier molecular flexibility index (Phi) is 6.45. The Bertz CT molecular complexity index is 1070. The summed E-state index contributed by atoms with van der Waals surface area (Å²) in [6, 6.07) is 5.91. The molecule has 4 rings (SSSR count). The molecule has 0 spiro atoms. The maximum atomic E-state index is 12.8. The molecule has 2 fully saturated rings. The Morgan fingerprint density at radius 3 is 2.90 bits per heavy atom. The SMILES string of the molecule is CCN1C(=O)/C(=C/c2cn(CC(=O)NC[C@@H]3CCCO3)c3ccc(Br)cc23)N(C)C1=S. The van der Waals surface area contributed by atoms with Gasteiger partial charge in [0.25, 0.3) is 5.91 Å². The first-order valence-electron chi connectivity index (χ1n) is 10.4. The molecule has 2 aliphatic heterocycles. The summed E-state index contributed by atoms with van der Waals surface area (Å²) in [5, 5.41) is 4.42. The minimum Gasteiger partial charge on any atom is -0.376 e. The summed E-state index contributed by atoms with van der Waals surface area (Å²) in [6.07, 6.45) is 5.89. The summed E-state index contributed by atoms with van der Waals surface area (Å²) in [4.78, 5) is 28.7. The lowest BCUT2D eigenvalue weighted by molar-refractivity contribution is -0.123. The van der Waals surface area contributed by atoms with Gasteiger partial charge in [-0.25, -0.2) is 0 Å². The molecule has 7 nitrogen and oxygen atoms in total. The van der Waals surface area contributed by atoms with Gasteiger partial charge in [-0.2, -0.15) is 0 Å². The van der Waals surface area contributed by atoms with Crippen LogP contribution < -0.4 is 5.32 Å². The predicted molar refractivity (Wildman–Crippen MR) is 127 cm³/mol. The van der Waals surface area contributed by atoms with Crippen LogP contribution in [0.4, 0.5) is 0 Å². The topological polar surface area (TPSA) is 66.8 Å². The van der Waals surface area contributed by atoms with E-state index in [1.54, 1.807) is 16.8 Å². The number of benzene rings is 1. The molecule has 164 valence electrons. The molecule has 0 radical (unpaired) electrons. The number of ether oxygens (including phenoxy) is 1. The van der Waals surface area contributed by atoms with Gasteiger partial charge in [-0.15, -0.1) is 0 Å². The van der Waals surface area contributed by atoms with Crippen molar-refractivity contribution in [1.82, 2.24) is 19.7 Å². The molecule has 0 unspecified atom stereocenters. The van der Waals surface area contributed by atoms with E-state index in [1.807, 2.05) is 42.0 Å². The van der Waals surface area contributed by atoms with Gasteiger partial charge < -0.3 is 19.5 Å². The fourth-order valence-corrected chi connectivity index (χ4v) is 4.70. The van der Waals surface area contributed by atoms with Crippen molar-refractivity contribution < 1.29 is 14.3 Å². The van der Waals surface area contributed by atoms with Crippen LogP contribution in [0.3, 0.4) is 0 Å². The van der Waals surface area contributed by atoms with Gasteiger partial charge >= 0.3 is 0 Å². The molecule has 1 aromatic carbocycles. The zero-order chi connectivity index (χ0) is 22.1. The van der Waals surface area contributed by atoms with Crippen LogP contribution in [0.5, 0.6) is 0 Å². The van der Waals surface area contributed by atoms with Gasteiger partial charge in [0, 0.05) is 53.9 Å². The van der Waals surface area contributed by atoms with Crippen molar-refractivity contribution in [1.29, 1.82) is 0 Å². The average Bonchev–Trinajstić information content (AvgIpc) is 3.42. The Balaban J connectivity index is 1.62. The Labute approximate surface area is 195 Å². The van der Waals surface area contributed by atoms with E-state index in [1.165, 1.54) is 0 Å². The van der Waals surface area contributed by atoms with E-state index in [9.17, 15) is 9.59 Å². The molecule has 1 N–H and O–H groups in total. The highest BCUT2D eigenvalue weighted by Crippen LogP contribution is 2.29. The summed E-state index contributed by atoms with van der Waals surface area (Å²) >= 11 is 8.93. The minimum absolute atomic E-state index is 0.0677. The number of likely N-dealkylation sites (N-methyl/N-ethyl adjacent to an activating group) is 2. The number of halogens is 1. The molecule has 0 bridgehead atoms. The van der Waals surface area contributed by atoms with Gasteiger partial charge in [-0.05, 0) is 56.3 Å². The lowest BCUT2D eigenvalue weighted by Gasteiger charge is -2.13. The number of carbonyl (C=O) groups excluding carboxylic acids is 2. The highest BCUT2D eigenvalue weighted by Gasteiger charge is 2.34. The molecule has 2 saturated heterocycles. The Hall–Kier alpha value is -2.23. The molecule has 2 aliphatic rings.